The second-order valence-corrected chi connectivity index (χ2v) is 2.45. The summed E-state index contributed by atoms with van der Waals surface area (Å²) in [7, 11) is 0. The number of hydrogen-bond acceptors (Lipinski definition) is 3. The fourth-order valence-electron chi connectivity index (χ4n) is 0.947. The number of phenols is 2. The van der Waals surface area contributed by atoms with E-state index in [1.165, 1.54) is 18.2 Å². The molecule has 0 aliphatic rings. The van der Waals surface area contributed by atoms with Crippen molar-refractivity contribution in [3.05, 3.63) is 23.8 Å². The van der Waals surface area contributed by atoms with Crippen molar-refractivity contribution < 1.29 is 15.0 Å². The number of carbonyl (C=O) groups is 1. The quantitative estimate of drug-likeness (QED) is 0.519. The predicted molar refractivity (Wildman–Crippen MR) is 44.4 cm³/mol. The van der Waals surface area contributed by atoms with Crippen LogP contribution in [0.3, 0.4) is 0 Å². The molecule has 0 atom stereocenters. The fourth-order valence-corrected chi connectivity index (χ4v) is 0.947. The van der Waals surface area contributed by atoms with E-state index in [9.17, 15) is 9.90 Å². The Hall–Kier alpha value is -1.51. The Labute approximate surface area is 70.3 Å². The van der Waals surface area contributed by atoms with Crippen LogP contribution in [0.15, 0.2) is 18.2 Å². The van der Waals surface area contributed by atoms with Crippen molar-refractivity contribution in [2.75, 3.05) is 0 Å². The average molecular weight is 166 g/mol. The molecule has 0 saturated carbocycles. The van der Waals surface area contributed by atoms with Crippen LogP contribution in [0.4, 0.5) is 0 Å². The minimum atomic E-state index is -0.329. The lowest BCUT2D eigenvalue weighted by Crippen LogP contribution is -1.96. The van der Waals surface area contributed by atoms with E-state index in [1.54, 1.807) is 6.92 Å². The van der Waals surface area contributed by atoms with E-state index < -0.39 is 0 Å². The molecule has 0 fully saturated rings. The number of para-hydroxylation sites is 1. The Bertz CT molecular complexity index is 305. The summed E-state index contributed by atoms with van der Waals surface area (Å²) >= 11 is 0. The van der Waals surface area contributed by atoms with Gasteiger partial charge in [0.15, 0.2) is 17.3 Å². The van der Waals surface area contributed by atoms with Crippen LogP contribution in [0.2, 0.25) is 0 Å². The van der Waals surface area contributed by atoms with Crippen molar-refractivity contribution in [3.8, 4) is 11.5 Å². The van der Waals surface area contributed by atoms with E-state index >= 15 is 0 Å². The van der Waals surface area contributed by atoms with Gasteiger partial charge in [-0.15, -0.1) is 0 Å². The van der Waals surface area contributed by atoms with Crippen molar-refractivity contribution in [2.45, 2.75) is 13.3 Å². The van der Waals surface area contributed by atoms with Crippen LogP contribution in [-0.2, 0) is 0 Å². The van der Waals surface area contributed by atoms with Crippen LogP contribution in [-0.4, -0.2) is 16.0 Å². The summed E-state index contributed by atoms with van der Waals surface area (Å²) in [6.45, 7) is 1.70. The highest BCUT2D eigenvalue weighted by Crippen LogP contribution is 2.28. The maximum absolute atomic E-state index is 11.1. The molecule has 0 radical (unpaired) electrons. The minimum Gasteiger partial charge on any atom is -0.504 e. The fraction of sp³-hybridized carbons (Fsp3) is 0.222. The number of carbonyl (C=O) groups excluding carboxylic acids is 1. The molecular weight excluding hydrogens is 156 g/mol. The van der Waals surface area contributed by atoms with Gasteiger partial charge in [0.05, 0.1) is 5.56 Å². The Morgan fingerprint density at radius 2 is 2.08 bits per heavy atom. The first-order valence-electron chi connectivity index (χ1n) is 3.71. The number of ketones is 1. The van der Waals surface area contributed by atoms with Crippen LogP contribution < -0.4 is 0 Å². The van der Waals surface area contributed by atoms with Gasteiger partial charge in [-0.2, -0.15) is 0 Å². The Morgan fingerprint density at radius 1 is 1.42 bits per heavy atom. The van der Waals surface area contributed by atoms with Gasteiger partial charge < -0.3 is 10.2 Å². The van der Waals surface area contributed by atoms with Crippen molar-refractivity contribution in [1.82, 2.24) is 0 Å². The average Bonchev–Trinajstić information content (AvgIpc) is 2.08. The highest BCUT2D eigenvalue weighted by molar-refractivity contribution is 5.99. The maximum Gasteiger partial charge on any atom is 0.168 e. The number of phenolic OH excluding ortho intramolecular Hbond substituents is 2. The van der Waals surface area contributed by atoms with E-state index in [0.717, 1.165) is 0 Å². The highest BCUT2D eigenvalue weighted by atomic mass is 16.3. The molecule has 0 aliphatic heterocycles. The summed E-state index contributed by atoms with van der Waals surface area (Å²) in [6.07, 6.45) is 0.316. The van der Waals surface area contributed by atoms with Crippen molar-refractivity contribution in [3.63, 3.8) is 0 Å². The molecular formula is C9H10O3. The summed E-state index contributed by atoms with van der Waals surface area (Å²) in [5.41, 5.74) is 0.178. The molecule has 1 aromatic rings. The molecule has 0 heterocycles. The molecule has 2 N–H and O–H groups in total. The number of benzene rings is 1. The molecule has 1 rings (SSSR count). The number of Topliss-reactive ketones (excluding diaryl/α,β-unsaturated/α-hetero) is 1. The van der Waals surface area contributed by atoms with Gasteiger partial charge in [-0.1, -0.05) is 13.0 Å². The molecule has 0 amide bonds. The summed E-state index contributed by atoms with van der Waals surface area (Å²) in [4.78, 5) is 11.1. The third kappa shape index (κ3) is 1.39. The maximum atomic E-state index is 11.1. The smallest absolute Gasteiger partial charge is 0.168 e. The van der Waals surface area contributed by atoms with Crippen molar-refractivity contribution >= 4 is 5.78 Å². The summed E-state index contributed by atoms with van der Waals surface area (Å²) in [5.74, 6) is -0.762. The van der Waals surface area contributed by atoms with E-state index in [2.05, 4.69) is 0 Å². The zero-order valence-corrected chi connectivity index (χ0v) is 6.74. The molecule has 0 spiro atoms. The van der Waals surface area contributed by atoms with E-state index in [1.807, 2.05) is 0 Å². The Morgan fingerprint density at radius 3 is 2.67 bits per heavy atom. The van der Waals surface area contributed by atoms with Gasteiger partial charge in [-0.05, 0) is 12.1 Å². The number of aromatic hydroxyl groups is 2. The van der Waals surface area contributed by atoms with Crippen LogP contribution in [0.25, 0.3) is 0 Å². The van der Waals surface area contributed by atoms with E-state index in [4.69, 9.17) is 5.11 Å². The zero-order valence-electron chi connectivity index (χ0n) is 6.74. The molecule has 0 bridgehead atoms. The topological polar surface area (TPSA) is 57.5 Å². The SMILES string of the molecule is CCC(=O)c1cccc(O)c1O. The van der Waals surface area contributed by atoms with Gasteiger partial charge in [0.2, 0.25) is 0 Å². The van der Waals surface area contributed by atoms with Gasteiger partial charge in [-0.25, -0.2) is 0 Å². The molecule has 3 heteroatoms. The molecule has 0 aliphatic carbocycles. The zero-order chi connectivity index (χ0) is 9.14. The first-order valence-corrected chi connectivity index (χ1v) is 3.71. The normalized spacial score (nSPS) is 9.75. The largest absolute Gasteiger partial charge is 0.504 e. The molecule has 0 aromatic heterocycles. The first-order chi connectivity index (χ1) is 5.66. The number of hydrogen-bond donors (Lipinski definition) is 2. The second-order valence-electron chi connectivity index (χ2n) is 2.45. The number of rotatable bonds is 2. The third-order valence-electron chi connectivity index (χ3n) is 1.64. The minimum absolute atomic E-state index is 0.177. The molecule has 64 valence electrons. The summed E-state index contributed by atoms with van der Waals surface area (Å²) in [5, 5.41) is 18.3. The Kier molecular flexibility index (Phi) is 2.33. The molecule has 3 nitrogen and oxygen atoms in total. The summed E-state index contributed by atoms with van der Waals surface area (Å²) in [6, 6.07) is 4.35. The molecule has 1 aromatic carbocycles. The van der Waals surface area contributed by atoms with Gasteiger partial charge in [0.1, 0.15) is 0 Å². The van der Waals surface area contributed by atoms with Crippen LogP contribution in [0, 0.1) is 0 Å². The first kappa shape index (κ1) is 8.59. The van der Waals surface area contributed by atoms with Gasteiger partial charge >= 0.3 is 0 Å². The Balaban J connectivity index is 3.16. The van der Waals surface area contributed by atoms with Crippen molar-refractivity contribution in [1.29, 1.82) is 0 Å². The second kappa shape index (κ2) is 3.26. The van der Waals surface area contributed by atoms with Crippen LogP contribution in [0.1, 0.15) is 23.7 Å². The monoisotopic (exact) mass is 166 g/mol. The van der Waals surface area contributed by atoms with Gasteiger partial charge in [0.25, 0.3) is 0 Å². The lowest BCUT2D eigenvalue weighted by atomic mass is 10.1. The standard InChI is InChI=1S/C9H10O3/c1-2-7(10)6-4-3-5-8(11)9(6)12/h3-5,11-12H,2H2,1H3. The summed E-state index contributed by atoms with van der Waals surface area (Å²) < 4.78 is 0. The van der Waals surface area contributed by atoms with Crippen molar-refractivity contribution in [2.24, 2.45) is 0 Å². The lowest BCUT2D eigenvalue weighted by molar-refractivity contribution is 0.0985. The van der Waals surface area contributed by atoms with E-state index in [0.29, 0.717) is 6.42 Å². The molecule has 0 unspecified atom stereocenters. The van der Waals surface area contributed by atoms with Gasteiger partial charge in [-0.3, -0.25) is 4.79 Å². The van der Waals surface area contributed by atoms with Gasteiger partial charge in [0, 0.05) is 6.42 Å². The highest BCUT2D eigenvalue weighted by Gasteiger charge is 2.10. The molecule has 12 heavy (non-hydrogen) atoms. The predicted octanol–water partition coefficient (Wildman–Crippen LogP) is 1.69. The van der Waals surface area contributed by atoms with Crippen LogP contribution >= 0.6 is 0 Å². The third-order valence-corrected chi connectivity index (χ3v) is 1.64. The molecule has 0 saturated heterocycles. The van der Waals surface area contributed by atoms with Crippen LogP contribution in [0.5, 0.6) is 11.5 Å². The lowest BCUT2D eigenvalue weighted by Gasteiger charge is -2.02. The van der Waals surface area contributed by atoms with E-state index in [-0.39, 0.29) is 22.8 Å².